The summed E-state index contributed by atoms with van der Waals surface area (Å²) in [4.78, 5) is 1.42. The Hall–Kier alpha value is -0.470. The fourth-order valence-corrected chi connectivity index (χ4v) is 2.98. The van der Waals surface area contributed by atoms with Crippen LogP contribution in [-0.2, 0) is 6.42 Å². The minimum atomic E-state index is 0.249. The van der Waals surface area contributed by atoms with Crippen LogP contribution in [0.3, 0.4) is 0 Å². The first-order chi connectivity index (χ1) is 6.31. The molecule has 1 atom stereocenters. The summed E-state index contributed by atoms with van der Waals surface area (Å²) in [7, 11) is 0. The normalized spacial score (nSPS) is 20.3. The molecule has 0 spiro atoms. The summed E-state index contributed by atoms with van der Waals surface area (Å²) in [6.07, 6.45) is 0.780. The average molecular weight is 194 g/mol. The predicted octanol–water partition coefficient (Wildman–Crippen LogP) is 2.43. The highest BCUT2D eigenvalue weighted by molar-refractivity contribution is 7.99. The molecular formula is C11H14OS. The largest absolute Gasteiger partial charge is 0.396 e. The second-order valence-electron chi connectivity index (χ2n) is 3.56. The molecule has 1 heterocycles. The average Bonchev–Trinajstić information content (AvgIpc) is 2.48. The number of benzene rings is 1. The molecule has 70 valence electrons. The Morgan fingerprint density at radius 1 is 1.54 bits per heavy atom. The summed E-state index contributed by atoms with van der Waals surface area (Å²) in [5.41, 5.74) is 2.73. The van der Waals surface area contributed by atoms with E-state index >= 15 is 0 Å². The first-order valence-corrected chi connectivity index (χ1v) is 5.66. The van der Waals surface area contributed by atoms with Crippen LogP contribution in [0.4, 0.5) is 0 Å². The lowest BCUT2D eigenvalue weighted by Gasteiger charge is -2.04. The van der Waals surface area contributed by atoms with Crippen LogP contribution in [0.15, 0.2) is 23.1 Å². The molecule has 0 radical (unpaired) electrons. The smallest absolute Gasteiger partial charge is 0.0471 e. The van der Waals surface area contributed by atoms with Crippen molar-refractivity contribution in [3.05, 3.63) is 29.3 Å². The van der Waals surface area contributed by atoms with Crippen LogP contribution in [0.5, 0.6) is 0 Å². The zero-order valence-corrected chi connectivity index (χ0v) is 8.60. The lowest BCUT2D eigenvalue weighted by atomic mass is 10.0. The Kier molecular flexibility index (Phi) is 2.61. The Morgan fingerprint density at radius 2 is 2.38 bits per heavy atom. The number of thioether (sulfide) groups is 1. The quantitative estimate of drug-likeness (QED) is 0.780. The van der Waals surface area contributed by atoms with Gasteiger partial charge in [-0.3, -0.25) is 0 Å². The molecule has 13 heavy (non-hydrogen) atoms. The Morgan fingerprint density at radius 3 is 3.15 bits per heavy atom. The molecule has 0 saturated carbocycles. The number of rotatable bonds is 2. The van der Waals surface area contributed by atoms with E-state index in [4.69, 9.17) is 5.11 Å². The number of fused-ring (bicyclic) bond motifs is 1. The van der Waals surface area contributed by atoms with Crippen LogP contribution in [0.25, 0.3) is 0 Å². The van der Waals surface area contributed by atoms with E-state index in [0.29, 0.717) is 5.92 Å². The van der Waals surface area contributed by atoms with Gasteiger partial charge in [-0.1, -0.05) is 19.1 Å². The van der Waals surface area contributed by atoms with E-state index < -0.39 is 0 Å². The van der Waals surface area contributed by atoms with E-state index in [1.165, 1.54) is 21.8 Å². The molecule has 1 aromatic carbocycles. The second kappa shape index (κ2) is 3.72. The van der Waals surface area contributed by atoms with Crippen molar-refractivity contribution in [2.75, 3.05) is 12.4 Å². The second-order valence-corrected chi connectivity index (χ2v) is 4.62. The first kappa shape index (κ1) is 9.10. The maximum Gasteiger partial charge on any atom is 0.0471 e. The van der Waals surface area contributed by atoms with Crippen molar-refractivity contribution in [1.82, 2.24) is 0 Å². The van der Waals surface area contributed by atoms with Crippen LogP contribution < -0.4 is 0 Å². The zero-order valence-electron chi connectivity index (χ0n) is 7.79. The molecule has 1 aromatic rings. The molecule has 1 aliphatic heterocycles. The van der Waals surface area contributed by atoms with Crippen molar-refractivity contribution in [3.63, 3.8) is 0 Å². The van der Waals surface area contributed by atoms with E-state index in [0.717, 1.165) is 6.42 Å². The van der Waals surface area contributed by atoms with Crippen molar-refractivity contribution >= 4 is 11.8 Å². The van der Waals surface area contributed by atoms with E-state index in [1.807, 2.05) is 11.8 Å². The number of aliphatic hydroxyl groups is 1. The highest BCUT2D eigenvalue weighted by Gasteiger charge is 2.18. The third-order valence-corrected chi connectivity index (χ3v) is 3.83. The summed E-state index contributed by atoms with van der Waals surface area (Å²) in [5, 5.41) is 8.81. The summed E-state index contributed by atoms with van der Waals surface area (Å²) in [6, 6.07) is 6.57. The van der Waals surface area contributed by atoms with Gasteiger partial charge in [-0.2, -0.15) is 0 Å². The van der Waals surface area contributed by atoms with E-state index in [1.54, 1.807) is 0 Å². The van der Waals surface area contributed by atoms with Gasteiger partial charge in [0.15, 0.2) is 0 Å². The Balaban J connectivity index is 2.29. The Bertz CT molecular complexity index is 309. The molecule has 0 fully saturated rings. The molecular weight excluding hydrogens is 180 g/mol. The molecule has 1 aliphatic rings. The van der Waals surface area contributed by atoms with Crippen molar-refractivity contribution in [2.24, 2.45) is 0 Å². The molecule has 1 unspecified atom stereocenters. The molecule has 0 aliphatic carbocycles. The zero-order chi connectivity index (χ0) is 9.26. The molecule has 1 N–H and O–H groups in total. The van der Waals surface area contributed by atoms with Crippen LogP contribution in [-0.4, -0.2) is 17.5 Å². The molecule has 0 aromatic heterocycles. The van der Waals surface area contributed by atoms with Gasteiger partial charge in [-0.05, 0) is 29.5 Å². The third-order valence-electron chi connectivity index (χ3n) is 2.50. The van der Waals surface area contributed by atoms with E-state index in [9.17, 15) is 0 Å². The first-order valence-electron chi connectivity index (χ1n) is 4.67. The van der Waals surface area contributed by atoms with Crippen molar-refractivity contribution in [3.8, 4) is 0 Å². The van der Waals surface area contributed by atoms with Gasteiger partial charge in [0.05, 0.1) is 0 Å². The van der Waals surface area contributed by atoms with E-state index in [2.05, 4.69) is 25.1 Å². The van der Waals surface area contributed by atoms with Gasteiger partial charge in [0.25, 0.3) is 0 Å². The van der Waals surface area contributed by atoms with Gasteiger partial charge in [-0.25, -0.2) is 0 Å². The van der Waals surface area contributed by atoms with Gasteiger partial charge < -0.3 is 5.11 Å². The van der Waals surface area contributed by atoms with Crippen molar-refractivity contribution in [1.29, 1.82) is 0 Å². The molecule has 0 bridgehead atoms. The summed E-state index contributed by atoms with van der Waals surface area (Å²) >= 11 is 1.93. The molecule has 1 nitrogen and oxygen atoms in total. The molecule has 0 amide bonds. The molecule has 2 rings (SSSR count). The number of aliphatic hydroxyl groups excluding tert-OH is 1. The fraction of sp³-hybridized carbons (Fsp3) is 0.455. The monoisotopic (exact) mass is 194 g/mol. The Labute approximate surface area is 83.2 Å². The number of hydrogen-bond donors (Lipinski definition) is 1. The predicted molar refractivity (Wildman–Crippen MR) is 56.4 cm³/mol. The van der Waals surface area contributed by atoms with Crippen LogP contribution >= 0.6 is 11.8 Å². The molecule has 0 saturated heterocycles. The summed E-state index contributed by atoms with van der Waals surface area (Å²) in [5.74, 6) is 1.90. The van der Waals surface area contributed by atoms with Crippen LogP contribution in [0.1, 0.15) is 24.0 Å². The van der Waals surface area contributed by atoms with Crippen LogP contribution in [0.2, 0.25) is 0 Å². The van der Waals surface area contributed by atoms with E-state index in [-0.39, 0.29) is 6.61 Å². The molecule has 2 heteroatoms. The lowest BCUT2D eigenvalue weighted by molar-refractivity contribution is 0.299. The van der Waals surface area contributed by atoms with Crippen LogP contribution in [0, 0.1) is 0 Å². The minimum Gasteiger partial charge on any atom is -0.396 e. The number of hydrogen-bond acceptors (Lipinski definition) is 2. The maximum absolute atomic E-state index is 8.81. The minimum absolute atomic E-state index is 0.249. The fourth-order valence-electron chi connectivity index (χ4n) is 1.70. The third kappa shape index (κ3) is 1.74. The van der Waals surface area contributed by atoms with Gasteiger partial charge in [0.2, 0.25) is 0 Å². The van der Waals surface area contributed by atoms with Gasteiger partial charge >= 0.3 is 0 Å². The lowest BCUT2D eigenvalue weighted by Crippen LogP contribution is -1.93. The SMILES string of the molecule is CC1CSc2cc(CCO)ccc21. The van der Waals surface area contributed by atoms with Crippen molar-refractivity contribution in [2.45, 2.75) is 24.2 Å². The van der Waals surface area contributed by atoms with Crippen molar-refractivity contribution < 1.29 is 5.11 Å². The summed E-state index contributed by atoms with van der Waals surface area (Å²) in [6.45, 7) is 2.52. The van der Waals surface area contributed by atoms with Gasteiger partial charge in [-0.15, -0.1) is 11.8 Å². The summed E-state index contributed by atoms with van der Waals surface area (Å²) < 4.78 is 0. The topological polar surface area (TPSA) is 20.2 Å². The highest BCUT2D eigenvalue weighted by Crippen LogP contribution is 2.39. The standard InChI is InChI=1S/C11H14OS/c1-8-7-13-11-6-9(4-5-12)2-3-10(8)11/h2-3,6,8,12H,4-5,7H2,1H3. The van der Waals surface area contributed by atoms with Gasteiger partial charge in [0.1, 0.15) is 0 Å². The maximum atomic E-state index is 8.81. The van der Waals surface area contributed by atoms with Gasteiger partial charge in [0, 0.05) is 17.3 Å². The highest BCUT2D eigenvalue weighted by atomic mass is 32.2.